The first-order valence-electron chi connectivity index (χ1n) is 6.56. The number of nitrogens with one attached hydrogen (secondary N) is 1. The minimum Gasteiger partial charge on any atom is -0.457 e. The van der Waals surface area contributed by atoms with Gasteiger partial charge in [-0.1, -0.05) is 6.07 Å². The van der Waals surface area contributed by atoms with Crippen LogP contribution < -0.4 is 15.2 Å². The second kappa shape index (κ2) is 7.15. The van der Waals surface area contributed by atoms with Crippen LogP contribution in [0.1, 0.15) is 5.56 Å². The van der Waals surface area contributed by atoms with Crippen molar-refractivity contribution in [2.45, 2.75) is 16.3 Å². The van der Waals surface area contributed by atoms with E-state index in [4.69, 9.17) is 9.88 Å². The first kappa shape index (κ1) is 16.8. The van der Waals surface area contributed by atoms with Crippen molar-refractivity contribution in [3.05, 3.63) is 48.0 Å². The summed E-state index contributed by atoms with van der Waals surface area (Å²) in [7, 11) is -1.95. The average Bonchev–Trinajstić information content (AvgIpc) is 2.49. The zero-order valence-corrected chi connectivity index (χ0v) is 14.0. The molecular weight excluding hydrogens is 320 g/mol. The number of rotatable bonds is 6. The first-order chi connectivity index (χ1) is 10.4. The fraction of sp³-hybridized carbons (Fsp3) is 0.200. The number of primary sulfonamides is 1. The molecule has 0 saturated carbocycles. The van der Waals surface area contributed by atoms with Gasteiger partial charge in [-0.3, -0.25) is 0 Å². The van der Waals surface area contributed by atoms with Crippen LogP contribution in [0.2, 0.25) is 0 Å². The van der Waals surface area contributed by atoms with Crippen molar-refractivity contribution >= 4 is 21.8 Å². The first-order valence-corrected chi connectivity index (χ1v) is 9.33. The van der Waals surface area contributed by atoms with Crippen LogP contribution >= 0.6 is 11.8 Å². The maximum Gasteiger partial charge on any atom is 0.238 e. The van der Waals surface area contributed by atoms with E-state index in [2.05, 4.69) is 5.32 Å². The standard InChI is InChI=1S/C15H18N2O3S2/c1-17-10-11-3-8-14(22(16,18)19)9-15(11)20-12-4-6-13(21-2)7-5-12/h3-9,17H,10H2,1-2H3,(H2,16,18,19). The minimum atomic E-state index is -3.76. The Hall–Kier alpha value is -1.54. The van der Waals surface area contributed by atoms with Crippen LogP contribution in [-0.4, -0.2) is 21.7 Å². The number of sulfonamides is 1. The van der Waals surface area contributed by atoms with Gasteiger partial charge in [0, 0.05) is 23.1 Å². The lowest BCUT2D eigenvalue weighted by Crippen LogP contribution is -2.13. The summed E-state index contributed by atoms with van der Waals surface area (Å²) < 4.78 is 28.8. The van der Waals surface area contributed by atoms with E-state index in [0.29, 0.717) is 18.0 Å². The molecule has 5 nitrogen and oxygen atoms in total. The lowest BCUT2D eigenvalue weighted by molar-refractivity contribution is 0.472. The quantitative estimate of drug-likeness (QED) is 0.791. The molecule has 2 aromatic carbocycles. The highest BCUT2D eigenvalue weighted by atomic mass is 32.2. The Morgan fingerprint density at radius 3 is 2.41 bits per heavy atom. The lowest BCUT2D eigenvalue weighted by atomic mass is 10.2. The van der Waals surface area contributed by atoms with Gasteiger partial charge in [-0.2, -0.15) is 0 Å². The molecule has 0 aliphatic carbocycles. The molecule has 118 valence electrons. The van der Waals surface area contributed by atoms with Crippen LogP contribution in [0.15, 0.2) is 52.3 Å². The number of thioether (sulfide) groups is 1. The van der Waals surface area contributed by atoms with E-state index in [0.717, 1.165) is 10.5 Å². The summed E-state index contributed by atoms with van der Waals surface area (Å²) in [6.45, 7) is 0.559. The van der Waals surface area contributed by atoms with Gasteiger partial charge in [-0.05, 0) is 43.6 Å². The fourth-order valence-corrected chi connectivity index (χ4v) is 2.85. The number of hydrogen-bond donors (Lipinski definition) is 2. The Morgan fingerprint density at radius 1 is 1.18 bits per heavy atom. The molecule has 2 aromatic rings. The number of ether oxygens (including phenoxy) is 1. The van der Waals surface area contributed by atoms with Gasteiger partial charge in [0.2, 0.25) is 10.0 Å². The summed E-state index contributed by atoms with van der Waals surface area (Å²) in [5.41, 5.74) is 0.851. The molecule has 0 spiro atoms. The lowest BCUT2D eigenvalue weighted by Gasteiger charge is -2.12. The molecule has 0 radical (unpaired) electrons. The second-order valence-corrected chi connectivity index (χ2v) is 7.06. The Morgan fingerprint density at radius 2 is 1.86 bits per heavy atom. The van der Waals surface area contributed by atoms with Gasteiger partial charge in [0.05, 0.1) is 4.90 Å². The van der Waals surface area contributed by atoms with Gasteiger partial charge in [-0.25, -0.2) is 13.6 Å². The number of nitrogens with two attached hydrogens (primary N) is 1. The molecule has 0 saturated heterocycles. The Balaban J connectivity index is 2.37. The molecule has 0 amide bonds. The molecule has 0 fully saturated rings. The summed E-state index contributed by atoms with van der Waals surface area (Å²) in [6, 6.07) is 12.2. The highest BCUT2D eigenvalue weighted by Crippen LogP contribution is 2.29. The maximum absolute atomic E-state index is 11.5. The highest BCUT2D eigenvalue weighted by molar-refractivity contribution is 7.98. The number of hydrogen-bond acceptors (Lipinski definition) is 5. The zero-order valence-electron chi connectivity index (χ0n) is 12.4. The van der Waals surface area contributed by atoms with Crippen molar-refractivity contribution in [1.82, 2.24) is 5.32 Å². The Bertz CT molecular complexity index is 744. The van der Waals surface area contributed by atoms with E-state index in [1.165, 1.54) is 12.1 Å². The molecule has 0 aromatic heterocycles. The maximum atomic E-state index is 11.5. The predicted molar refractivity (Wildman–Crippen MR) is 88.9 cm³/mol. The summed E-state index contributed by atoms with van der Waals surface area (Å²) in [4.78, 5) is 1.16. The van der Waals surface area contributed by atoms with Crippen LogP contribution in [0.4, 0.5) is 0 Å². The molecule has 2 rings (SSSR count). The van der Waals surface area contributed by atoms with Crippen LogP contribution in [0.3, 0.4) is 0 Å². The zero-order chi connectivity index (χ0) is 16.2. The van der Waals surface area contributed by atoms with E-state index < -0.39 is 10.0 Å². The van der Waals surface area contributed by atoms with Crippen molar-refractivity contribution in [2.75, 3.05) is 13.3 Å². The largest absolute Gasteiger partial charge is 0.457 e. The monoisotopic (exact) mass is 338 g/mol. The van der Waals surface area contributed by atoms with E-state index in [9.17, 15) is 8.42 Å². The Kier molecular flexibility index (Phi) is 5.47. The van der Waals surface area contributed by atoms with Crippen molar-refractivity contribution in [3.8, 4) is 11.5 Å². The third-order valence-corrected chi connectivity index (χ3v) is 4.68. The van der Waals surface area contributed by atoms with E-state index in [1.807, 2.05) is 37.6 Å². The third-order valence-electron chi connectivity index (χ3n) is 3.02. The fourth-order valence-electron chi connectivity index (χ4n) is 1.91. The SMILES string of the molecule is CNCc1ccc(S(N)(=O)=O)cc1Oc1ccc(SC)cc1. The van der Waals surface area contributed by atoms with E-state index in [1.54, 1.807) is 17.8 Å². The molecule has 0 bridgehead atoms. The van der Waals surface area contributed by atoms with Crippen LogP contribution in [0.25, 0.3) is 0 Å². The van der Waals surface area contributed by atoms with Gasteiger partial charge < -0.3 is 10.1 Å². The summed E-state index contributed by atoms with van der Waals surface area (Å²) in [6.07, 6.45) is 2.00. The van der Waals surface area contributed by atoms with Gasteiger partial charge >= 0.3 is 0 Å². The number of benzene rings is 2. The van der Waals surface area contributed by atoms with Crippen LogP contribution in [0, 0.1) is 0 Å². The molecule has 22 heavy (non-hydrogen) atoms. The molecule has 0 aliphatic rings. The molecule has 0 heterocycles. The molecule has 0 unspecified atom stereocenters. The van der Waals surface area contributed by atoms with Gasteiger partial charge in [-0.15, -0.1) is 11.8 Å². The average molecular weight is 338 g/mol. The molecule has 3 N–H and O–H groups in total. The Labute approximate surface area is 134 Å². The van der Waals surface area contributed by atoms with Crippen molar-refractivity contribution in [2.24, 2.45) is 5.14 Å². The van der Waals surface area contributed by atoms with Gasteiger partial charge in [0.1, 0.15) is 11.5 Å². The molecule has 7 heteroatoms. The third kappa shape index (κ3) is 4.23. The predicted octanol–water partition coefficient (Wildman–Crippen LogP) is 2.57. The summed E-state index contributed by atoms with van der Waals surface area (Å²) in [5.74, 6) is 1.11. The van der Waals surface area contributed by atoms with Gasteiger partial charge in [0.25, 0.3) is 0 Å². The molecule has 0 atom stereocenters. The molecule has 0 aliphatic heterocycles. The van der Waals surface area contributed by atoms with Crippen molar-refractivity contribution in [3.63, 3.8) is 0 Å². The van der Waals surface area contributed by atoms with Gasteiger partial charge in [0.15, 0.2) is 0 Å². The topological polar surface area (TPSA) is 81.4 Å². The van der Waals surface area contributed by atoms with Crippen molar-refractivity contribution < 1.29 is 13.2 Å². The second-order valence-electron chi connectivity index (χ2n) is 4.62. The van der Waals surface area contributed by atoms with Crippen LogP contribution in [0.5, 0.6) is 11.5 Å². The normalized spacial score (nSPS) is 11.4. The highest BCUT2D eigenvalue weighted by Gasteiger charge is 2.13. The minimum absolute atomic E-state index is 0.0306. The van der Waals surface area contributed by atoms with E-state index in [-0.39, 0.29) is 4.90 Å². The summed E-state index contributed by atoms with van der Waals surface area (Å²) >= 11 is 1.64. The smallest absolute Gasteiger partial charge is 0.238 e. The molecular formula is C15H18N2O3S2. The van der Waals surface area contributed by atoms with Crippen molar-refractivity contribution in [1.29, 1.82) is 0 Å². The van der Waals surface area contributed by atoms with E-state index >= 15 is 0 Å². The summed E-state index contributed by atoms with van der Waals surface area (Å²) in [5, 5.41) is 8.20. The van der Waals surface area contributed by atoms with Crippen LogP contribution in [-0.2, 0) is 16.6 Å².